The van der Waals surface area contributed by atoms with Gasteiger partial charge in [0.05, 0.1) is 6.04 Å². The predicted octanol–water partition coefficient (Wildman–Crippen LogP) is 14.4. The van der Waals surface area contributed by atoms with E-state index in [2.05, 4.69) is 199 Å². The molecule has 1 aliphatic rings. The van der Waals surface area contributed by atoms with E-state index in [0.717, 1.165) is 38.7 Å². The molecule has 5 heteroatoms. The Balaban J connectivity index is 1.02. The highest BCUT2D eigenvalue weighted by Gasteiger charge is 2.28. The monoisotopic (exact) mass is 770 g/mol. The van der Waals surface area contributed by atoms with Crippen molar-refractivity contribution in [1.29, 1.82) is 0 Å². The van der Waals surface area contributed by atoms with Gasteiger partial charge >= 0.3 is 0 Å². The second kappa shape index (κ2) is 13.6. The average Bonchev–Trinajstić information content (AvgIpc) is 3.70. The summed E-state index contributed by atoms with van der Waals surface area (Å²) in [5, 5.41) is 11.1. The predicted molar refractivity (Wildman–Crippen MR) is 247 cm³/mol. The number of benzene rings is 9. The van der Waals surface area contributed by atoms with Gasteiger partial charge in [0.15, 0.2) is 17.5 Å². The maximum absolute atomic E-state index is 5.18. The first-order valence-electron chi connectivity index (χ1n) is 20.0. The summed E-state index contributed by atoms with van der Waals surface area (Å²) in [6, 6.07) is 69.3. The van der Waals surface area contributed by atoms with Crippen LogP contribution in [0, 0.1) is 0 Å². The molecule has 4 nitrogen and oxygen atoms in total. The highest BCUT2D eigenvalue weighted by atomic mass is 32.1. The van der Waals surface area contributed by atoms with E-state index in [0.29, 0.717) is 17.5 Å². The van der Waals surface area contributed by atoms with Crippen LogP contribution in [-0.2, 0) is 0 Å². The lowest BCUT2D eigenvalue weighted by molar-refractivity contribution is 0.933. The lowest BCUT2D eigenvalue weighted by atomic mass is 9.84. The summed E-state index contributed by atoms with van der Waals surface area (Å²) >= 11 is 1.87. The number of nitrogens with zero attached hydrogens (tertiary/aromatic N) is 3. The molecule has 1 N–H and O–H groups in total. The smallest absolute Gasteiger partial charge is 0.164 e. The van der Waals surface area contributed by atoms with E-state index in [1.807, 2.05) is 11.3 Å². The van der Waals surface area contributed by atoms with Gasteiger partial charge in [-0.2, -0.15) is 0 Å². The normalized spacial score (nSPS) is 13.4. The van der Waals surface area contributed by atoms with Crippen LogP contribution in [0.1, 0.15) is 17.2 Å². The van der Waals surface area contributed by atoms with Crippen LogP contribution in [0.2, 0.25) is 0 Å². The maximum Gasteiger partial charge on any atom is 0.164 e. The van der Waals surface area contributed by atoms with Crippen molar-refractivity contribution in [1.82, 2.24) is 15.0 Å². The first kappa shape index (κ1) is 33.6. The summed E-state index contributed by atoms with van der Waals surface area (Å²) in [7, 11) is 0. The number of rotatable bonds is 5. The minimum absolute atomic E-state index is 0.0553. The standard InChI is InChI=1S/C54H34N4S/c1-2-14-35(15-3-1)50-44-28-29-47-49(48(44)43-20-8-9-23-46(43)55-50)45-22-11-21-42(51(45)59-47)38-18-10-19-39(32-38)52-56-53(40-26-24-33-12-4-6-16-36(33)30-40)58-54(57-52)41-27-25-34-13-5-7-17-37(34)31-41/h1-32,50,55H. The molecule has 0 radical (unpaired) electrons. The van der Waals surface area contributed by atoms with Gasteiger partial charge in [-0.1, -0.05) is 164 Å². The molecule has 12 rings (SSSR count). The van der Waals surface area contributed by atoms with E-state index in [1.54, 1.807) is 0 Å². The third-order valence-corrected chi connectivity index (χ3v) is 12.9. The highest BCUT2D eigenvalue weighted by molar-refractivity contribution is 7.26. The Morgan fingerprint density at radius 2 is 1.00 bits per heavy atom. The molecule has 0 aliphatic carbocycles. The molecule has 0 fully saturated rings. The zero-order chi connectivity index (χ0) is 38.9. The number of fused-ring (bicyclic) bond motifs is 9. The third kappa shape index (κ3) is 5.70. The molecule has 1 unspecified atom stereocenters. The van der Waals surface area contributed by atoms with Crippen LogP contribution in [0.5, 0.6) is 0 Å². The van der Waals surface area contributed by atoms with Gasteiger partial charge in [0.25, 0.3) is 0 Å². The first-order chi connectivity index (χ1) is 29.2. The number of thiophene rings is 1. The SMILES string of the molecule is c1ccc(C2Nc3ccccc3-c3c2ccc2sc4c(-c5cccc(-c6nc(-c7ccc8ccccc8c7)nc(-c7ccc8ccccc8c7)n6)c5)cccc4c32)cc1. The van der Waals surface area contributed by atoms with Gasteiger partial charge in [-0.3, -0.25) is 0 Å². The van der Waals surface area contributed by atoms with E-state index in [4.69, 9.17) is 15.0 Å². The fraction of sp³-hybridized carbons (Fsp3) is 0.0185. The van der Waals surface area contributed by atoms with Crippen molar-refractivity contribution >= 4 is 58.7 Å². The van der Waals surface area contributed by atoms with Gasteiger partial charge in [-0.05, 0) is 79.7 Å². The lowest BCUT2D eigenvalue weighted by Crippen LogP contribution is -2.18. The number of para-hydroxylation sites is 1. The van der Waals surface area contributed by atoms with Crippen molar-refractivity contribution < 1.29 is 0 Å². The highest BCUT2D eigenvalue weighted by Crippen LogP contribution is 2.51. The second-order valence-electron chi connectivity index (χ2n) is 15.2. The Bertz CT molecular complexity index is 3350. The Hall–Kier alpha value is -7.47. The van der Waals surface area contributed by atoms with Gasteiger partial charge in [-0.25, -0.2) is 15.0 Å². The van der Waals surface area contributed by atoms with Crippen LogP contribution >= 0.6 is 11.3 Å². The van der Waals surface area contributed by atoms with E-state index >= 15 is 0 Å². The number of hydrogen-bond donors (Lipinski definition) is 1. The van der Waals surface area contributed by atoms with Crippen LogP contribution in [-0.4, -0.2) is 15.0 Å². The zero-order valence-electron chi connectivity index (χ0n) is 31.8. The fourth-order valence-corrected chi connectivity index (χ4v) is 10.1. The molecular weight excluding hydrogens is 737 g/mol. The number of aromatic nitrogens is 3. The zero-order valence-corrected chi connectivity index (χ0v) is 32.6. The maximum atomic E-state index is 5.18. The van der Waals surface area contributed by atoms with Crippen molar-refractivity contribution in [3.63, 3.8) is 0 Å². The molecule has 0 saturated heterocycles. The summed E-state index contributed by atoms with van der Waals surface area (Å²) in [5.74, 6) is 1.94. The quantitative estimate of drug-likeness (QED) is 0.189. The molecule has 2 aromatic heterocycles. The molecule has 11 aromatic rings. The third-order valence-electron chi connectivity index (χ3n) is 11.7. The van der Waals surface area contributed by atoms with E-state index in [1.165, 1.54) is 58.8 Å². The summed E-state index contributed by atoms with van der Waals surface area (Å²) < 4.78 is 2.55. The van der Waals surface area contributed by atoms with Crippen molar-refractivity contribution in [3.05, 3.63) is 205 Å². The average molecular weight is 771 g/mol. The van der Waals surface area contributed by atoms with Crippen molar-refractivity contribution in [2.45, 2.75) is 6.04 Å². The van der Waals surface area contributed by atoms with Crippen LogP contribution in [0.3, 0.4) is 0 Å². The minimum Gasteiger partial charge on any atom is -0.374 e. The molecule has 3 heterocycles. The van der Waals surface area contributed by atoms with E-state index in [-0.39, 0.29) is 6.04 Å². The Labute approximate surface area is 345 Å². The first-order valence-corrected chi connectivity index (χ1v) is 20.8. The van der Waals surface area contributed by atoms with E-state index < -0.39 is 0 Å². The van der Waals surface area contributed by atoms with Crippen LogP contribution in [0.4, 0.5) is 5.69 Å². The van der Waals surface area contributed by atoms with E-state index in [9.17, 15) is 0 Å². The molecule has 0 spiro atoms. The van der Waals surface area contributed by atoms with Crippen LogP contribution in [0.15, 0.2) is 194 Å². The van der Waals surface area contributed by atoms with Crippen LogP contribution < -0.4 is 5.32 Å². The van der Waals surface area contributed by atoms with Crippen LogP contribution in [0.25, 0.3) is 98.1 Å². The van der Waals surface area contributed by atoms with Crippen molar-refractivity contribution in [2.75, 3.05) is 5.32 Å². The van der Waals surface area contributed by atoms with Gasteiger partial charge in [-0.15, -0.1) is 11.3 Å². The van der Waals surface area contributed by atoms with Gasteiger partial charge in [0.2, 0.25) is 0 Å². The minimum atomic E-state index is 0.0553. The Kier molecular flexibility index (Phi) is 7.75. The van der Waals surface area contributed by atoms with Crippen molar-refractivity contribution in [2.24, 2.45) is 0 Å². The fourth-order valence-electron chi connectivity index (χ4n) is 8.88. The van der Waals surface area contributed by atoms with Gasteiger partial charge in [0.1, 0.15) is 0 Å². The van der Waals surface area contributed by atoms with Gasteiger partial charge < -0.3 is 5.32 Å². The molecule has 0 bridgehead atoms. The molecule has 59 heavy (non-hydrogen) atoms. The number of anilines is 1. The topological polar surface area (TPSA) is 50.7 Å². The molecule has 1 aliphatic heterocycles. The molecular formula is C54H34N4S. The summed E-state index contributed by atoms with van der Waals surface area (Å²) in [4.78, 5) is 15.5. The molecule has 0 saturated carbocycles. The molecule has 1 atom stereocenters. The summed E-state index contributed by atoms with van der Waals surface area (Å²) in [5.41, 5.74) is 11.4. The number of nitrogens with one attached hydrogen (secondary N) is 1. The van der Waals surface area contributed by atoms with Crippen molar-refractivity contribution in [3.8, 4) is 56.4 Å². The summed E-state index contributed by atoms with van der Waals surface area (Å²) in [6.45, 7) is 0. The Morgan fingerprint density at radius 3 is 1.71 bits per heavy atom. The summed E-state index contributed by atoms with van der Waals surface area (Å²) in [6.07, 6.45) is 0. The number of hydrogen-bond acceptors (Lipinski definition) is 5. The molecule has 9 aromatic carbocycles. The molecule has 276 valence electrons. The molecule has 0 amide bonds. The largest absolute Gasteiger partial charge is 0.374 e. The lowest BCUT2D eigenvalue weighted by Gasteiger charge is -2.31. The van der Waals surface area contributed by atoms with Gasteiger partial charge in [0, 0.05) is 48.1 Å². The second-order valence-corrected chi connectivity index (χ2v) is 16.3. The Morgan fingerprint density at radius 1 is 0.424 bits per heavy atom.